The van der Waals surface area contributed by atoms with Crippen LogP contribution in [0.1, 0.15) is 103 Å². The Balaban J connectivity index is 1.71. The van der Waals surface area contributed by atoms with Crippen LogP contribution in [0.3, 0.4) is 0 Å². The number of nitrogens with one attached hydrogen (secondary N) is 1. The van der Waals surface area contributed by atoms with E-state index in [4.69, 9.17) is 4.84 Å². The SMILES string of the molecule is CCCCCCCCCCCCCCON(c1ccccc1)c1ccc(CC(=O)NCCC)cc1. The van der Waals surface area contributed by atoms with Gasteiger partial charge in [0, 0.05) is 6.54 Å². The number of carbonyl (C=O) groups excluding carboxylic acids is 1. The van der Waals surface area contributed by atoms with E-state index >= 15 is 0 Å². The van der Waals surface area contributed by atoms with Gasteiger partial charge in [-0.1, -0.05) is 115 Å². The first-order valence-electron chi connectivity index (χ1n) is 14.1. The van der Waals surface area contributed by atoms with Crippen LogP contribution >= 0.6 is 0 Å². The van der Waals surface area contributed by atoms with E-state index in [2.05, 4.69) is 31.3 Å². The number of unbranched alkanes of at least 4 members (excludes halogenated alkanes) is 11. The first-order valence-corrected chi connectivity index (χ1v) is 14.1. The molecule has 0 spiro atoms. The molecule has 0 atom stereocenters. The number of carbonyl (C=O) groups is 1. The summed E-state index contributed by atoms with van der Waals surface area (Å²) in [5, 5.41) is 4.85. The van der Waals surface area contributed by atoms with Crippen molar-refractivity contribution in [1.29, 1.82) is 0 Å². The van der Waals surface area contributed by atoms with Gasteiger partial charge in [0.15, 0.2) is 0 Å². The minimum absolute atomic E-state index is 0.0720. The number of nitrogens with zero attached hydrogens (tertiary/aromatic N) is 1. The fourth-order valence-corrected chi connectivity index (χ4v) is 4.22. The molecule has 0 aromatic heterocycles. The average Bonchev–Trinajstić information content (AvgIpc) is 2.89. The van der Waals surface area contributed by atoms with E-state index in [0.29, 0.717) is 13.0 Å². The van der Waals surface area contributed by atoms with E-state index in [0.717, 1.165) is 36.3 Å². The van der Waals surface area contributed by atoms with Gasteiger partial charge in [-0.15, -0.1) is 0 Å². The van der Waals surface area contributed by atoms with Crippen molar-refractivity contribution in [2.75, 3.05) is 18.2 Å². The molecule has 4 nitrogen and oxygen atoms in total. The summed E-state index contributed by atoms with van der Waals surface area (Å²) in [4.78, 5) is 18.2. The molecule has 1 amide bonds. The zero-order valence-electron chi connectivity index (χ0n) is 22.3. The van der Waals surface area contributed by atoms with Crippen LogP contribution in [0.15, 0.2) is 54.6 Å². The standard InChI is InChI=1S/C31H48N2O2/c1-3-5-6-7-8-9-10-11-12-13-14-18-26-35-33(29-19-16-15-17-20-29)30-23-21-28(22-24-30)27-31(34)32-25-4-2/h15-17,19-24H,3-14,18,25-27H2,1-2H3,(H,32,34). The summed E-state index contributed by atoms with van der Waals surface area (Å²) in [5.74, 6) is 0.0720. The molecular weight excluding hydrogens is 432 g/mol. The molecule has 0 saturated heterocycles. The van der Waals surface area contributed by atoms with Gasteiger partial charge in [0.25, 0.3) is 0 Å². The minimum Gasteiger partial charge on any atom is -0.356 e. The van der Waals surface area contributed by atoms with Crippen molar-refractivity contribution in [1.82, 2.24) is 5.32 Å². The quantitative estimate of drug-likeness (QED) is 0.152. The molecule has 194 valence electrons. The predicted octanol–water partition coefficient (Wildman–Crippen LogP) is 8.53. The first kappa shape index (κ1) is 28.9. The lowest BCUT2D eigenvalue weighted by Gasteiger charge is -2.24. The van der Waals surface area contributed by atoms with E-state index in [9.17, 15) is 4.79 Å². The van der Waals surface area contributed by atoms with Crippen molar-refractivity contribution < 1.29 is 9.63 Å². The molecular formula is C31H48N2O2. The third-order valence-electron chi connectivity index (χ3n) is 6.32. The Morgan fingerprint density at radius 3 is 1.80 bits per heavy atom. The monoisotopic (exact) mass is 480 g/mol. The largest absolute Gasteiger partial charge is 0.356 e. The van der Waals surface area contributed by atoms with Crippen LogP contribution in [0.5, 0.6) is 0 Å². The van der Waals surface area contributed by atoms with Crippen LogP contribution in [0, 0.1) is 0 Å². The summed E-state index contributed by atoms with van der Waals surface area (Å²) in [7, 11) is 0. The summed E-state index contributed by atoms with van der Waals surface area (Å²) in [6.45, 7) is 5.77. The molecule has 0 aliphatic rings. The van der Waals surface area contributed by atoms with Gasteiger partial charge in [-0.2, -0.15) is 0 Å². The van der Waals surface area contributed by atoms with Crippen molar-refractivity contribution in [2.45, 2.75) is 104 Å². The highest BCUT2D eigenvalue weighted by Crippen LogP contribution is 2.26. The molecule has 0 aliphatic heterocycles. The van der Waals surface area contributed by atoms with Gasteiger partial charge in [-0.25, -0.2) is 5.06 Å². The third-order valence-corrected chi connectivity index (χ3v) is 6.32. The van der Waals surface area contributed by atoms with Crippen LogP contribution in [0.2, 0.25) is 0 Å². The Labute approximate surface area is 214 Å². The van der Waals surface area contributed by atoms with E-state index in [1.54, 1.807) is 0 Å². The van der Waals surface area contributed by atoms with Crippen LogP contribution in [-0.4, -0.2) is 19.1 Å². The van der Waals surface area contributed by atoms with Crippen molar-refractivity contribution in [2.24, 2.45) is 0 Å². The van der Waals surface area contributed by atoms with Crippen LogP contribution in [0.25, 0.3) is 0 Å². The normalized spacial score (nSPS) is 10.9. The second kappa shape index (κ2) is 18.9. The van der Waals surface area contributed by atoms with Crippen LogP contribution < -0.4 is 10.4 Å². The number of anilines is 2. The molecule has 0 fully saturated rings. The van der Waals surface area contributed by atoms with E-state index in [1.165, 1.54) is 70.6 Å². The lowest BCUT2D eigenvalue weighted by molar-refractivity contribution is -0.120. The Kier molecular flexibility index (Phi) is 15.6. The van der Waals surface area contributed by atoms with Gasteiger partial charge in [0.1, 0.15) is 0 Å². The second-order valence-corrected chi connectivity index (χ2v) is 9.55. The smallest absolute Gasteiger partial charge is 0.224 e. The molecule has 0 unspecified atom stereocenters. The predicted molar refractivity (Wildman–Crippen MR) is 149 cm³/mol. The highest BCUT2D eigenvalue weighted by Gasteiger charge is 2.11. The number of rotatable bonds is 20. The summed E-state index contributed by atoms with van der Waals surface area (Å²) < 4.78 is 0. The summed E-state index contributed by atoms with van der Waals surface area (Å²) in [5.41, 5.74) is 3.00. The molecule has 0 saturated carbocycles. The van der Waals surface area contributed by atoms with Crippen molar-refractivity contribution in [3.63, 3.8) is 0 Å². The highest BCUT2D eigenvalue weighted by atomic mass is 16.7. The number of para-hydroxylation sites is 1. The van der Waals surface area contributed by atoms with Gasteiger partial charge < -0.3 is 5.32 Å². The Morgan fingerprint density at radius 1 is 0.686 bits per heavy atom. The molecule has 0 bridgehead atoms. The van der Waals surface area contributed by atoms with Gasteiger partial charge in [-0.05, 0) is 42.7 Å². The molecule has 0 aliphatic carbocycles. The first-order chi connectivity index (χ1) is 17.2. The van der Waals surface area contributed by atoms with E-state index in [-0.39, 0.29) is 5.91 Å². The Morgan fingerprint density at radius 2 is 1.23 bits per heavy atom. The lowest BCUT2D eigenvalue weighted by atomic mass is 10.1. The van der Waals surface area contributed by atoms with Crippen molar-refractivity contribution in [3.05, 3.63) is 60.2 Å². The molecule has 2 aromatic carbocycles. The average molecular weight is 481 g/mol. The third kappa shape index (κ3) is 12.8. The topological polar surface area (TPSA) is 41.6 Å². The molecule has 2 rings (SSSR count). The number of hydrogen-bond acceptors (Lipinski definition) is 3. The summed E-state index contributed by atoms with van der Waals surface area (Å²) >= 11 is 0. The molecule has 1 N–H and O–H groups in total. The fourth-order valence-electron chi connectivity index (χ4n) is 4.22. The number of benzene rings is 2. The second-order valence-electron chi connectivity index (χ2n) is 9.55. The van der Waals surface area contributed by atoms with Crippen LogP contribution in [-0.2, 0) is 16.1 Å². The number of amides is 1. The fraction of sp³-hybridized carbons (Fsp3) is 0.581. The maximum absolute atomic E-state index is 12.0. The lowest BCUT2D eigenvalue weighted by Crippen LogP contribution is -2.25. The molecule has 0 heterocycles. The van der Waals surface area contributed by atoms with E-state index < -0.39 is 0 Å². The Bertz CT molecular complexity index is 776. The highest BCUT2D eigenvalue weighted by molar-refractivity contribution is 5.78. The zero-order valence-corrected chi connectivity index (χ0v) is 22.3. The molecule has 35 heavy (non-hydrogen) atoms. The van der Waals surface area contributed by atoms with Gasteiger partial charge in [0.05, 0.1) is 24.4 Å². The van der Waals surface area contributed by atoms with Gasteiger partial charge in [-0.3, -0.25) is 9.63 Å². The summed E-state index contributed by atoms with van der Waals surface area (Å²) in [6.07, 6.45) is 17.4. The van der Waals surface area contributed by atoms with Crippen LogP contribution in [0.4, 0.5) is 11.4 Å². The van der Waals surface area contributed by atoms with Gasteiger partial charge >= 0.3 is 0 Å². The Hall–Kier alpha value is -2.33. The van der Waals surface area contributed by atoms with Gasteiger partial charge in [0.2, 0.25) is 5.91 Å². The number of hydrogen-bond donors (Lipinski definition) is 1. The minimum atomic E-state index is 0.0720. The van der Waals surface area contributed by atoms with E-state index in [1.807, 2.05) is 47.5 Å². The van der Waals surface area contributed by atoms with Crippen molar-refractivity contribution >= 4 is 17.3 Å². The maximum Gasteiger partial charge on any atom is 0.224 e. The molecule has 2 aromatic rings. The zero-order chi connectivity index (χ0) is 25.0. The maximum atomic E-state index is 12.0. The molecule has 4 heteroatoms. The summed E-state index contributed by atoms with van der Waals surface area (Å²) in [6, 6.07) is 18.3. The van der Waals surface area contributed by atoms with Crippen molar-refractivity contribution in [3.8, 4) is 0 Å². The molecule has 0 radical (unpaired) electrons.